The zero-order valence-electron chi connectivity index (χ0n) is 18.3. The molecule has 0 aromatic carbocycles. The van der Waals surface area contributed by atoms with E-state index in [4.69, 9.17) is 19.1 Å². The van der Waals surface area contributed by atoms with E-state index in [9.17, 15) is 9.90 Å². The number of nitrogens with zero attached hydrogens (tertiary/aromatic N) is 4. The largest absolute Gasteiger partial charge is 0.504 e. The van der Waals surface area contributed by atoms with Crippen molar-refractivity contribution in [2.24, 2.45) is 4.99 Å². The number of aliphatic imine (C=N–C) groups is 1. The lowest BCUT2D eigenvalue weighted by atomic mass is 10.1. The number of carbonyl (C=O) groups is 2. The highest BCUT2D eigenvalue weighted by Crippen LogP contribution is 2.41. The quantitative estimate of drug-likeness (QED) is 0.441. The average Bonchev–Trinajstić information content (AvgIpc) is 3.41. The van der Waals surface area contributed by atoms with Gasteiger partial charge in [0.05, 0.1) is 6.61 Å². The third kappa shape index (κ3) is 4.38. The molecule has 0 aliphatic carbocycles. The Bertz CT molecular complexity index is 1280. The van der Waals surface area contributed by atoms with E-state index in [1.807, 2.05) is 29.2 Å². The first kappa shape index (κ1) is 22.7. The molecule has 3 aromatic heterocycles. The summed E-state index contributed by atoms with van der Waals surface area (Å²) in [7, 11) is 0. The molecule has 0 saturated heterocycles. The highest BCUT2D eigenvalue weighted by Gasteiger charge is 2.32. The van der Waals surface area contributed by atoms with Gasteiger partial charge >= 0.3 is 5.97 Å². The molecule has 5 rings (SSSR count). The summed E-state index contributed by atoms with van der Waals surface area (Å²) in [6.45, 7) is 2.79. The summed E-state index contributed by atoms with van der Waals surface area (Å²) in [4.78, 5) is 35.9. The van der Waals surface area contributed by atoms with Crippen molar-refractivity contribution < 1.29 is 29.0 Å². The van der Waals surface area contributed by atoms with E-state index in [2.05, 4.69) is 15.0 Å². The molecule has 5 heterocycles. The SMILES string of the molecule is CCOC(=O)c1c(N2CCc3ncccc3C2)oc(C=C2C=Nc3ncccc32)c1O.O=CO. The van der Waals surface area contributed by atoms with Gasteiger partial charge in [-0.1, -0.05) is 6.07 Å². The maximum Gasteiger partial charge on any atom is 0.347 e. The number of anilines is 1. The lowest BCUT2D eigenvalue weighted by molar-refractivity contribution is -0.122. The minimum atomic E-state index is -0.623. The summed E-state index contributed by atoms with van der Waals surface area (Å²) in [6.07, 6.45) is 7.48. The fourth-order valence-corrected chi connectivity index (χ4v) is 3.86. The van der Waals surface area contributed by atoms with Crippen molar-refractivity contribution in [2.45, 2.75) is 19.9 Å². The number of hydrogen-bond donors (Lipinski definition) is 2. The van der Waals surface area contributed by atoms with Crippen LogP contribution in [0, 0.1) is 0 Å². The Morgan fingerprint density at radius 3 is 2.82 bits per heavy atom. The van der Waals surface area contributed by atoms with Gasteiger partial charge in [-0.15, -0.1) is 0 Å². The van der Waals surface area contributed by atoms with Crippen LogP contribution in [-0.2, 0) is 22.5 Å². The van der Waals surface area contributed by atoms with Gasteiger partial charge < -0.3 is 24.3 Å². The van der Waals surface area contributed by atoms with E-state index < -0.39 is 5.97 Å². The fourth-order valence-electron chi connectivity index (χ4n) is 3.86. The third-order valence-electron chi connectivity index (χ3n) is 5.33. The minimum absolute atomic E-state index is 0.0300. The monoisotopic (exact) mass is 462 g/mol. The lowest BCUT2D eigenvalue weighted by Gasteiger charge is -2.28. The van der Waals surface area contributed by atoms with Crippen LogP contribution < -0.4 is 4.90 Å². The molecule has 2 N–H and O–H groups in total. The Hall–Kier alpha value is -4.47. The van der Waals surface area contributed by atoms with Gasteiger partial charge in [0.2, 0.25) is 5.88 Å². The standard InChI is InChI=1S/C23H20N4O4.CH2O2/c1-2-30-23(29)19-20(28)18(11-15-12-26-21-16(15)6-4-9-25-21)31-22(19)27-10-7-17-14(13-27)5-3-8-24-17;2-1-3/h3-6,8-9,11-12,28H,2,7,10,13H2,1H3;1H,(H,2,3). The van der Waals surface area contributed by atoms with Crippen molar-refractivity contribution in [3.63, 3.8) is 0 Å². The second-order valence-corrected chi connectivity index (χ2v) is 7.33. The summed E-state index contributed by atoms with van der Waals surface area (Å²) in [5.41, 5.74) is 3.68. The molecule has 10 nitrogen and oxygen atoms in total. The van der Waals surface area contributed by atoms with Crippen molar-refractivity contribution in [2.75, 3.05) is 18.1 Å². The Morgan fingerprint density at radius 1 is 1.26 bits per heavy atom. The van der Waals surface area contributed by atoms with Crippen molar-refractivity contribution >= 4 is 42.0 Å². The van der Waals surface area contributed by atoms with Gasteiger partial charge in [0.1, 0.15) is 0 Å². The van der Waals surface area contributed by atoms with E-state index in [-0.39, 0.29) is 30.2 Å². The van der Waals surface area contributed by atoms with E-state index in [0.717, 1.165) is 22.4 Å². The first-order valence-corrected chi connectivity index (χ1v) is 10.6. The van der Waals surface area contributed by atoms with Crippen molar-refractivity contribution in [3.8, 4) is 5.75 Å². The van der Waals surface area contributed by atoms with Gasteiger partial charge in [-0.05, 0) is 36.8 Å². The second-order valence-electron chi connectivity index (χ2n) is 7.33. The molecular formula is C24H22N4O6. The van der Waals surface area contributed by atoms with Crippen molar-refractivity contribution in [3.05, 3.63) is 64.8 Å². The van der Waals surface area contributed by atoms with Gasteiger partial charge in [-0.3, -0.25) is 9.78 Å². The maximum absolute atomic E-state index is 12.7. The van der Waals surface area contributed by atoms with Gasteiger partial charge in [0, 0.05) is 54.9 Å². The van der Waals surface area contributed by atoms with E-state index in [1.165, 1.54) is 0 Å². The van der Waals surface area contributed by atoms with Crippen LogP contribution >= 0.6 is 0 Å². The highest BCUT2D eigenvalue weighted by molar-refractivity contribution is 6.21. The number of fused-ring (bicyclic) bond motifs is 2. The maximum atomic E-state index is 12.7. The number of aromatic nitrogens is 2. The molecule has 0 amide bonds. The molecule has 3 aromatic rings. The molecule has 0 spiro atoms. The van der Waals surface area contributed by atoms with Crippen LogP contribution in [0.1, 0.15) is 39.9 Å². The first-order chi connectivity index (χ1) is 16.6. The number of ether oxygens (including phenoxy) is 1. The normalized spacial score (nSPS) is 14.7. The van der Waals surface area contributed by atoms with Crippen LogP contribution in [0.4, 0.5) is 11.7 Å². The number of carbonyl (C=O) groups excluding carboxylic acids is 1. The number of aromatic hydroxyl groups is 1. The van der Waals surface area contributed by atoms with Crippen LogP contribution in [-0.4, -0.2) is 52.0 Å². The van der Waals surface area contributed by atoms with Gasteiger partial charge in [-0.2, -0.15) is 0 Å². The number of pyridine rings is 2. The van der Waals surface area contributed by atoms with Crippen molar-refractivity contribution in [1.29, 1.82) is 0 Å². The van der Waals surface area contributed by atoms with Gasteiger partial charge in [0.15, 0.2) is 22.9 Å². The van der Waals surface area contributed by atoms with E-state index in [0.29, 0.717) is 31.2 Å². The van der Waals surface area contributed by atoms with E-state index in [1.54, 1.807) is 31.6 Å². The Morgan fingerprint density at radius 2 is 2.03 bits per heavy atom. The van der Waals surface area contributed by atoms with E-state index >= 15 is 0 Å². The lowest BCUT2D eigenvalue weighted by Crippen LogP contribution is -2.31. The number of rotatable bonds is 4. The summed E-state index contributed by atoms with van der Waals surface area (Å²) < 4.78 is 11.2. The summed E-state index contributed by atoms with van der Waals surface area (Å²) in [6, 6.07) is 7.60. The number of hydrogen-bond acceptors (Lipinski definition) is 9. The van der Waals surface area contributed by atoms with Crippen LogP contribution in [0.5, 0.6) is 5.75 Å². The summed E-state index contributed by atoms with van der Waals surface area (Å²) >= 11 is 0. The Labute approximate surface area is 194 Å². The smallest absolute Gasteiger partial charge is 0.347 e. The molecule has 0 fully saturated rings. The van der Waals surface area contributed by atoms with Crippen LogP contribution in [0.3, 0.4) is 0 Å². The summed E-state index contributed by atoms with van der Waals surface area (Å²) in [5, 5.41) is 17.8. The number of allylic oxidation sites excluding steroid dienone is 1. The Kier molecular flexibility index (Phi) is 6.67. The van der Waals surface area contributed by atoms with Gasteiger partial charge in [0.25, 0.3) is 6.47 Å². The Balaban J connectivity index is 0.000000868. The zero-order chi connectivity index (χ0) is 24.1. The molecule has 174 valence electrons. The topological polar surface area (TPSA) is 138 Å². The molecule has 2 aliphatic heterocycles. The highest BCUT2D eigenvalue weighted by atomic mass is 16.5. The molecular weight excluding hydrogens is 440 g/mol. The third-order valence-corrected chi connectivity index (χ3v) is 5.33. The zero-order valence-corrected chi connectivity index (χ0v) is 18.3. The molecule has 0 atom stereocenters. The molecule has 34 heavy (non-hydrogen) atoms. The molecule has 0 bridgehead atoms. The second kappa shape index (κ2) is 9.99. The van der Waals surface area contributed by atoms with Crippen LogP contribution in [0.15, 0.2) is 46.1 Å². The van der Waals surface area contributed by atoms with Crippen LogP contribution in [0.25, 0.3) is 11.6 Å². The minimum Gasteiger partial charge on any atom is -0.504 e. The van der Waals surface area contributed by atoms with Crippen molar-refractivity contribution in [1.82, 2.24) is 9.97 Å². The average molecular weight is 462 g/mol. The number of furan rings is 1. The molecule has 0 radical (unpaired) electrons. The summed E-state index contributed by atoms with van der Waals surface area (Å²) in [5.74, 6) is 0.198. The predicted molar refractivity (Wildman–Crippen MR) is 124 cm³/mol. The van der Waals surface area contributed by atoms with Gasteiger partial charge in [-0.25, -0.2) is 14.8 Å². The van der Waals surface area contributed by atoms with Crippen LogP contribution in [0.2, 0.25) is 0 Å². The molecule has 10 heteroatoms. The fraction of sp³-hybridized carbons (Fsp3) is 0.208. The number of esters is 1. The number of carboxylic acid groups (broad SMARTS) is 1. The molecule has 0 saturated carbocycles. The first-order valence-electron chi connectivity index (χ1n) is 10.6. The predicted octanol–water partition coefficient (Wildman–Crippen LogP) is 3.47. The molecule has 0 unspecified atom stereocenters. The molecule has 2 aliphatic rings.